The Labute approximate surface area is 187 Å². The summed E-state index contributed by atoms with van der Waals surface area (Å²) in [7, 11) is 4.49. The Balaban J connectivity index is 2.62. The normalized spacial score (nSPS) is 11.8. The molecule has 0 aromatic heterocycles. The third-order valence-electron chi connectivity index (χ3n) is 4.57. The smallest absolute Gasteiger partial charge is 0.243 e. The van der Waals surface area contributed by atoms with Gasteiger partial charge in [0.1, 0.15) is 11.8 Å². The zero-order chi connectivity index (χ0) is 23.7. The fourth-order valence-electron chi connectivity index (χ4n) is 3.03. The number of benzene rings is 2. The maximum absolute atomic E-state index is 12.2. The van der Waals surface area contributed by atoms with Gasteiger partial charge in [0.25, 0.3) is 0 Å². The Morgan fingerprint density at radius 1 is 1.12 bits per heavy atom. The van der Waals surface area contributed by atoms with E-state index in [1.807, 2.05) is 6.92 Å². The highest BCUT2D eigenvalue weighted by molar-refractivity contribution is 5.97. The summed E-state index contributed by atoms with van der Waals surface area (Å²) in [6.07, 6.45) is 1.38. The molecule has 32 heavy (non-hydrogen) atoms. The summed E-state index contributed by atoms with van der Waals surface area (Å²) in [4.78, 5) is 12.2. The van der Waals surface area contributed by atoms with Gasteiger partial charge in [-0.25, -0.2) is 0 Å². The summed E-state index contributed by atoms with van der Waals surface area (Å²) < 4.78 is 21.9. The highest BCUT2D eigenvalue weighted by atomic mass is 16.5. The van der Waals surface area contributed by atoms with E-state index in [1.165, 1.54) is 27.4 Å². The minimum Gasteiger partial charge on any atom is -0.495 e. The number of anilines is 1. The number of rotatable bonds is 10. The second kappa shape index (κ2) is 11.6. The molecule has 0 bridgehead atoms. The highest BCUT2D eigenvalue weighted by Gasteiger charge is 2.19. The van der Waals surface area contributed by atoms with Crippen LogP contribution in [0.3, 0.4) is 0 Å². The Morgan fingerprint density at radius 2 is 1.81 bits per heavy atom. The lowest BCUT2D eigenvalue weighted by molar-refractivity contribution is -0.118. The monoisotopic (exact) mass is 441 g/mol. The molecule has 0 heterocycles. The van der Waals surface area contributed by atoms with Crippen molar-refractivity contribution >= 4 is 17.2 Å². The Hall–Kier alpha value is -3.74. The highest BCUT2D eigenvalue weighted by Crippen LogP contribution is 2.42. The van der Waals surface area contributed by atoms with E-state index in [0.717, 1.165) is 0 Å². The first kappa shape index (κ1) is 24.5. The third-order valence-corrected chi connectivity index (χ3v) is 4.57. The van der Waals surface area contributed by atoms with E-state index in [1.54, 1.807) is 30.3 Å². The number of carbonyl (C=O) groups is 1. The summed E-state index contributed by atoms with van der Waals surface area (Å²) in [5.41, 5.74) is 7.76. The van der Waals surface area contributed by atoms with Gasteiger partial charge in [0.15, 0.2) is 11.5 Å². The van der Waals surface area contributed by atoms with E-state index >= 15 is 0 Å². The maximum Gasteiger partial charge on any atom is 0.243 e. The molecular weight excluding hydrogens is 414 g/mol. The van der Waals surface area contributed by atoms with E-state index in [2.05, 4.69) is 11.4 Å². The lowest BCUT2D eigenvalue weighted by Crippen LogP contribution is -2.38. The van der Waals surface area contributed by atoms with Gasteiger partial charge in [-0.2, -0.15) is 5.26 Å². The lowest BCUT2D eigenvalue weighted by Gasteiger charge is -2.18. The number of ether oxygens (including phenoxy) is 4. The van der Waals surface area contributed by atoms with Crippen molar-refractivity contribution in [3.05, 3.63) is 47.5 Å². The van der Waals surface area contributed by atoms with Crippen LogP contribution < -0.4 is 30.0 Å². The molecule has 0 radical (unpaired) electrons. The number of nitrogens with two attached hydrogens (primary N) is 1. The minimum absolute atomic E-state index is 0.341. The molecule has 0 fully saturated rings. The van der Waals surface area contributed by atoms with Gasteiger partial charge in [-0.3, -0.25) is 4.79 Å². The number of hydrogen-bond donors (Lipinski definition) is 3. The molecule has 4 N–H and O–H groups in total. The molecule has 9 heteroatoms. The number of nitrogens with one attached hydrogen (secondary N) is 1. The van der Waals surface area contributed by atoms with Crippen LogP contribution in [0.25, 0.3) is 5.57 Å². The molecule has 0 aliphatic rings. The number of nitrogens with zero attached hydrogens (tertiary/aromatic N) is 1. The van der Waals surface area contributed by atoms with E-state index in [-0.39, 0.29) is 0 Å². The summed E-state index contributed by atoms with van der Waals surface area (Å²) >= 11 is 0. The van der Waals surface area contributed by atoms with Crippen molar-refractivity contribution in [2.45, 2.75) is 13.0 Å². The van der Waals surface area contributed by atoms with E-state index in [9.17, 15) is 10.1 Å². The fourth-order valence-corrected chi connectivity index (χ4v) is 3.03. The minimum atomic E-state index is -1.09. The van der Waals surface area contributed by atoms with Crippen LogP contribution in [0.5, 0.6) is 23.0 Å². The van der Waals surface area contributed by atoms with Gasteiger partial charge >= 0.3 is 0 Å². The van der Waals surface area contributed by atoms with Crippen LogP contribution >= 0.6 is 0 Å². The van der Waals surface area contributed by atoms with Crippen molar-refractivity contribution in [2.75, 3.05) is 39.9 Å². The van der Waals surface area contributed by atoms with Gasteiger partial charge in [-0.05, 0) is 47.9 Å². The number of amides is 1. The standard InChI is InChI=1S/C23H27N3O6/c1-5-32-21-12-15(11-20(30-3)22(21)31-4)16(8-9-24)14-6-7-19(29-2)18(10-14)26-23(28)17(25)13-27/h6-8,10-12,17,27H,5,13,25H2,1-4H3,(H,26,28). The third kappa shape index (κ3) is 5.49. The second-order valence-electron chi connectivity index (χ2n) is 6.52. The van der Waals surface area contributed by atoms with Gasteiger partial charge in [-0.1, -0.05) is 6.07 Å². The molecule has 1 unspecified atom stereocenters. The number of aliphatic hydroxyl groups excluding tert-OH is 1. The number of allylic oxidation sites excluding steroid dienone is 1. The number of carbonyl (C=O) groups excluding carboxylic acids is 1. The molecule has 2 aromatic carbocycles. The molecule has 0 saturated carbocycles. The molecule has 9 nitrogen and oxygen atoms in total. The first-order chi connectivity index (χ1) is 15.4. The van der Waals surface area contributed by atoms with Crippen molar-refractivity contribution in [1.82, 2.24) is 0 Å². The van der Waals surface area contributed by atoms with E-state index in [0.29, 0.717) is 52.0 Å². The van der Waals surface area contributed by atoms with Crippen LogP contribution in [0.1, 0.15) is 18.1 Å². The topological polar surface area (TPSA) is 136 Å². The molecule has 2 aromatic rings. The average molecular weight is 441 g/mol. The summed E-state index contributed by atoms with van der Waals surface area (Å²) in [6.45, 7) is 1.75. The Bertz CT molecular complexity index is 1030. The van der Waals surface area contributed by atoms with Crippen LogP contribution in [0.4, 0.5) is 5.69 Å². The van der Waals surface area contributed by atoms with Crippen LogP contribution in [-0.4, -0.2) is 51.6 Å². The molecule has 0 aliphatic carbocycles. The van der Waals surface area contributed by atoms with Crippen molar-refractivity contribution < 1.29 is 28.8 Å². The molecule has 0 aliphatic heterocycles. The van der Waals surface area contributed by atoms with Crippen molar-refractivity contribution in [2.24, 2.45) is 5.73 Å². The van der Waals surface area contributed by atoms with Crippen LogP contribution in [0.2, 0.25) is 0 Å². The number of nitriles is 1. The van der Waals surface area contributed by atoms with Gasteiger partial charge in [0.2, 0.25) is 11.7 Å². The average Bonchev–Trinajstić information content (AvgIpc) is 2.81. The number of aliphatic hydroxyl groups is 1. The first-order valence-electron chi connectivity index (χ1n) is 9.78. The molecule has 1 atom stereocenters. The predicted molar refractivity (Wildman–Crippen MR) is 120 cm³/mol. The van der Waals surface area contributed by atoms with Gasteiger partial charge in [-0.15, -0.1) is 0 Å². The Morgan fingerprint density at radius 3 is 2.38 bits per heavy atom. The van der Waals surface area contributed by atoms with Gasteiger partial charge in [0, 0.05) is 6.08 Å². The summed E-state index contributed by atoms with van der Waals surface area (Å²) in [5, 5.41) is 21.2. The van der Waals surface area contributed by atoms with Crippen molar-refractivity contribution in [1.29, 1.82) is 5.26 Å². The number of hydrogen-bond acceptors (Lipinski definition) is 8. The van der Waals surface area contributed by atoms with Crippen molar-refractivity contribution in [3.8, 4) is 29.1 Å². The fraction of sp³-hybridized carbons (Fsp3) is 0.304. The van der Waals surface area contributed by atoms with Crippen LogP contribution in [0, 0.1) is 11.3 Å². The van der Waals surface area contributed by atoms with Gasteiger partial charge < -0.3 is 35.1 Å². The SMILES string of the molecule is CCOc1cc(C(=CC#N)c2ccc(OC)c(NC(=O)C(N)CO)c2)cc(OC)c1OC. The summed E-state index contributed by atoms with van der Waals surface area (Å²) in [5.74, 6) is 1.16. The van der Waals surface area contributed by atoms with Crippen LogP contribution in [0.15, 0.2) is 36.4 Å². The summed E-state index contributed by atoms with van der Waals surface area (Å²) in [6, 6.07) is 9.51. The largest absolute Gasteiger partial charge is 0.495 e. The lowest BCUT2D eigenvalue weighted by atomic mass is 9.96. The molecule has 0 spiro atoms. The van der Waals surface area contributed by atoms with E-state index < -0.39 is 18.6 Å². The zero-order valence-corrected chi connectivity index (χ0v) is 18.5. The quantitative estimate of drug-likeness (QED) is 0.478. The maximum atomic E-state index is 12.2. The van der Waals surface area contributed by atoms with Crippen LogP contribution in [-0.2, 0) is 4.79 Å². The molecule has 2 rings (SSSR count). The first-order valence-corrected chi connectivity index (χ1v) is 9.78. The predicted octanol–water partition coefficient (Wildman–Crippen LogP) is 2.32. The molecular formula is C23H27N3O6. The number of methoxy groups -OCH3 is 3. The molecule has 1 amide bonds. The Kier molecular flexibility index (Phi) is 8.89. The zero-order valence-electron chi connectivity index (χ0n) is 18.5. The van der Waals surface area contributed by atoms with Gasteiger partial charge in [0.05, 0.1) is 46.3 Å². The van der Waals surface area contributed by atoms with Crippen molar-refractivity contribution in [3.63, 3.8) is 0 Å². The molecule has 170 valence electrons. The molecule has 0 saturated heterocycles. The second-order valence-corrected chi connectivity index (χ2v) is 6.52. The van der Waals surface area contributed by atoms with E-state index in [4.69, 9.17) is 29.8 Å².